The zero-order valence-corrected chi connectivity index (χ0v) is 82.0. The summed E-state index contributed by atoms with van der Waals surface area (Å²) in [6.45, 7) is 17.2. The van der Waals surface area contributed by atoms with Crippen LogP contribution in [0.15, 0.2) is 214 Å². The number of phenolic OH excluding ortho intramolecular Hbond substituents is 1. The lowest BCUT2D eigenvalue weighted by molar-refractivity contribution is -0.146. The lowest BCUT2D eigenvalue weighted by Gasteiger charge is -2.17. The number of aryl methyl sites for hydroxylation is 4. The quantitative estimate of drug-likeness (QED) is 0.00530. The number of carbonyl (C=O) groups excluding carboxylic acids is 3. The van der Waals surface area contributed by atoms with Crippen molar-refractivity contribution in [2.75, 3.05) is 136 Å². The van der Waals surface area contributed by atoms with Gasteiger partial charge in [-0.2, -0.15) is 65.9 Å². The van der Waals surface area contributed by atoms with Crippen molar-refractivity contribution in [3.05, 3.63) is 244 Å². The number of phenols is 1. The molecule has 9 aromatic carbocycles. The number of thiol groups is 1. The molecule has 3 fully saturated rings. The average Bonchev–Trinajstić information content (AvgIpc) is 1.87. The van der Waals surface area contributed by atoms with E-state index in [4.69, 9.17) is 97.6 Å². The first-order chi connectivity index (χ1) is 66.7. The number of aliphatic hydroxyl groups is 1. The van der Waals surface area contributed by atoms with Gasteiger partial charge >= 0.3 is 54.8 Å². The average molecular weight is 2100 g/mol. The van der Waals surface area contributed by atoms with Gasteiger partial charge in [-0.1, -0.05) is 0 Å². The van der Waals surface area contributed by atoms with E-state index in [0.717, 1.165) is 134 Å². The van der Waals surface area contributed by atoms with Crippen LogP contribution in [0.4, 0.5) is 65.9 Å². The number of aromatic hydroxyl groups is 1. The number of aliphatic carboxylic acids is 1. The summed E-state index contributed by atoms with van der Waals surface area (Å²) in [4.78, 5) is 48.1. The summed E-state index contributed by atoms with van der Waals surface area (Å²) in [5.41, 5.74) is -0.149. The third-order valence-corrected chi connectivity index (χ3v) is 22.4. The summed E-state index contributed by atoms with van der Waals surface area (Å²) in [5.74, 6) is 3.45. The van der Waals surface area contributed by atoms with Gasteiger partial charge in [0, 0.05) is 64.3 Å². The molecule has 3 N–H and O–H groups in total. The molecule has 3 saturated heterocycles. The highest BCUT2D eigenvalue weighted by molar-refractivity contribution is 7.99. The Morgan fingerprint density at radius 3 is 0.957 bits per heavy atom. The van der Waals surface area contributed by atoms with Gasteiger partial charge in [0.25, 0.3) is 0 Å². The van der Waals surface area contributed by atoms with E-state index in [1.54, 1.807) is 63.9 Å². The Bertz CT molecular complexity index is 5130. The molecule has 5 unspecified atom stereocenters. The maximum atomic E-state index is 12.6. The number of carboxylic acids is 1. The van der Waals surface area contributed by atoms with Crippen LogP contribution in [0.3, 0.4) is 0 Å². The number of thioether (sulfide) groups is 3. The van der Waals surface area contributed by atoms with Crippen LogP contribution in [-0.4, -0.2) is 206 Å². The van der Waals surface area contributed by atoms with Crippen molar-refractivity contribution in [2.45, 2.75) is 142 Å². The highest BCUT2D eigenvalue weighted by atomic mass is 35.5. The van der Waals surface area contributed by atoms with Crippen molar-refractivity contribution >= 4 is 83.4 Å². The molecule has 0 bridgehead atoms. The van der Waals surface area contributed by atoms with Crippen molar-refractivity contribution in [3.8, 4) is 51.7 Å². The van der Waals surface area contributed by atoms with Gasteiger partial charge in [0.15, 0.2) is 26.4 Å². The lowest BCUT2D eigenvalue weighted by atomic mass is 10.2. The zero-order valence-electron chi connectivity index (χ0n) is 77.9. The number of aliphatic hydroxyl groups excluding tert-OH is 1. The number of rotatable bonds is 39. The van der Waals surface area contributed by atoms with Crippen molar-refractivity contribution in [1.82, 2.24) is 0 Å². The van der Waals surface area contributed by atoms with E-state index in [2.05, 4.69) is 12.6 Å². The minimum Gasteiger partial charge on any atom is -0.508 e. The molecule has 0 aromatic heterocycles. The predicted octanol–water partition coefficient (Wildman–Crippen LogP) is 22.8. The van der Waals surface area contributed by atoms with Gasteiger partial charge in [-0.05, 0) is 278 Å². The van der Waals surface area contributed by atoms with E-state index >= 15 is 0 Å². The van der Waals surface area contributed by atoms with Crippen molar-refractivity contribution < 1.29 is 176 Å². The van der Waals surface area contributed by atoms with E-state index in [1.165, 1.54) is 92.0 Å². The lowest BCUT2D eigenvalue weighted by Crippen LogP contribution is -2.23. The molecule has 5 atom stereocenters. The van der Waals surface area contributed by atoms with Crippen LogP contribution < -0.4 is 37.9 Å². The van der Waals surface area contributed by atoms with Crippen molar-refractivity contribution in [3.63, 3.8) is 0 Å². The summed E-state index contributed by atoms with van der Waals surface area (Å²) in [5, 5.41) is 27.4. The monoisotopic (exact) mass is 2100 g/mol. The standard InChI is InChI=1S/C22H25F3O5S.C21H23F3O5S.C20H21F3O5S.C11H14O3S.C10H9F3O2.C7H5F3O.C4H8O.C3H5ClO/c1-4-28-21(26)13-30-20-10-9-19(11-15(20)2)31-14-18(27-3)12-29-17-7-5-16(6-8-17)22(23,24)25;1-3-27-20(26)12-29-19-9-8-18(10-14(19)2)30-13-16(25)11-28-17-6-4-15(5-7-17)21(22,23)24;1-13-9-17(7-8-18(13)28-11-19(24)25)29-12-16(26-2)10-27-15-5-3-14(4-6-15)20(21,22)23;1-3-13-11(12)7-14-10-5-4-9(15)6-8(10)2;11-10(12,13)7-1-3-8(4-2-7)14-5-9-6-15-9;8-7(9,10)5-1-3-6(11)4-2-5;1-2-4-5-3-1;4-1-3-2-5-3/h5-11,18H,4,12-14H2,1-3H3;4-10,16,25H,3,11-13H2,1-2H3;3-9,16H,10-12H2,1-2H3,(H,24,25);4-6,15H,3,7H2,1-2H3;1-4,9H,5-6H2;1-4,11H;1-4H2;3H,1-2H2. The number of carbonyl (C=O) groups is 4. The minimum atomic E-state index is -4.40. The van der Waals surface area contributed by atoms with E-state index in [1.807, 2.05) is 76.2 Å². The number of benzene rings is 9. The molecule has 0 amide bonds. The molecule has 0 spiro atoms. The fraction of sp³-hybridized carbons (Fsp3) is 0.408. The van der Waals surface area contributed by atoms with Gasteiger partial charge in [0.2, 0.25) is 0 Å². The summed E-state index contributed by atoms with van der Waals surface area (Å²) in [6, 6.07) is 43.6. The summed E-state index contributed by atoms with van der Waals surface area (Å²) < 4.78 is 268. The molecule has 3 aliphatic rings. The Kier molecular flexibility index (Phi) is 53.9. The maximum absolute atomic E-state index is 12.6. The van der Waals surface area contributed by atoms with Gasteiger partial charge in [-0.3, -0.25) is 0 Å². The van der Waals surface area contributed by atoms with Crippen molar-refractivity contribution in [2.24, 2.45) is 0 Å². The number of esters is 3. The van der Waals surface area contributed by atoms with E-state index in [9.17, 15) is 90.1 Å². The first-order valence-corrected chi connectivity index (χ1v) is 47.0. The Labute approximate surface area is 829 Å². The third-order valence-electron chi connectivity index (χ3n) is 18.4. The van der Waals surface area contributed by atoms with E-state index in [-0.39, 0.29) is 75.4 Å². The second-order valence-electron chi connectivity index (χ2n) is 29.8. The normalized spacial score (nSPS) is 14.0. The van der Waals surface area contributed by atoms with Crippen LogP contribution in [0, 0.1) is 27.7 Å². The molecule has 9 aromatic rings. The van der Waals surface area contributed by atoms with Crippen LogP contribution in [0.1, 0.15) is 83.7 Å². The highest BCUT2D eigenvalue weighted by Crippen LogP contribution is 2.38. The molecule has 43 heteroatoms. The van der Waals surface area contributed by atoms with E-state index < -0.39 is 89.3 Å². The smallest absolute Gasteiger partial charge is 0.416 e. The second-order valence-corrected chi connectivity index (χ2v) is 33.9. The number of hydrogen-bond acceptors (Lipinski definition) is 26. The maximum Gasteiger partial charge on any atom is 0.416 e. The van der Waals surface area contributed by atoms with Gasteiger partial charge in [0.05, 0.1) is 78.9 Å². The highest BCUT2D eigenvalue weighted by Gasteiger charge is 2.35. The Morgan fingerprint density at radius 2 is 0.695 bits per heavy atom. The predicted molar refractivity (Wildman–Crippen MR) is 502 cm³/mol. The van der Waals surface area contributed by atoms with Gasteiger partial charge in [-0.25, -0.2) is 19.2 Å². The SMILES string of the molecule is C1CCOC1.CCOC(=O)COc1ccc(S)cc1C.CCOC(=O)COc1ccc(SCC(COc2ccc(C(F)(F)F)cc2)OC)cc1C.CCOC(=O)COc1ccc(SCC(O)COc2ccc(C(F)(F)F)cc2)cc1C.COC(COc1ccc(C(F)(F)F)cc1)CSc1ccc(OCC(=O)O)c(C)c1.ClCC1CO1.FC(F)(F)c1ccc(OCC2CO2)cc1.Oc1ccc(C(F)(F)F)cc1. The molecular formula is C98H110ClF15O23S4. The molecule has 3 aliphatic heterocycles. The number of alkyl halides is 16. The molecule has 0 aliphatic carbocycles. The second kappa shape index (κ2) is 62.8. The molecule has 141 heavy (non-hydrogen) atoms. The van der Waals surface area contributed by atoms with E-state index in [0.29, 0.717) is 103 Å². The molecule has 0 radical (unpaired) electrons. The minimum absolute atomic E-state index is 0.0436. The first kappa shape index (κ1) is 121. The third kappa shape index (κ3) is 51.3. The number of hydrogen-bond donors (Lipinski definition) is 4. The van der Waals surface area contributed by atoms with Crippen LogP contribution >= 0.6 is 59.5 Å². The largest absolute Gasteiger partial charge is 0.508 e. The number of epoxide rings is 2. The fourth-order valence-electron chi connectivity index (χ4n) is 10.8. The van der Waals surface area contributed by atoms with Crippen molar-refractivity contribution in [1.29, 1.82) is 0 Å². The van der Waals surface area contributed by atoms with Crippen LogP contribution in [0.25, 0.3) is 0 Å². The molecule has 3 heterocycles. The molecule has 23 nitrogen and oxygen atoms in total. The summed E-state index contributed by atoms with van der Waals surface area (Å²) in [6.07, 6.45) is -20.0. The fourth-order valence-corrected chi connectivity index (χ4v) is 14.2. The summed E-state index contributed by atoms with van der Waals surface area (Å²) >= 11 is 13.9. The Hall–Kier alpha value is -10.5. The number of methoxy groups -OCH3 is 2. The zero-order chi connectivity index (χ0) is 104. The molecule has 0 saturated carbocycles. The van der Waals surface area contributed by atoms with Gasteiger partial charge < -0.3 is 91.1 Å². The number of carboxylic acid groups (broad SMARTS) is 1. The molecular weight excluding hydrogens is 1990 g/mol. The Balaban J connectivity index is 0.000000300. The van der Waals surface area contributed by atoms with Gasteiger partial charge in [0.1, 0.15) is 96.5 Å². The number of halogens is 16. The Morgan fingerprint density at radius 1 is 0.404 bits per heavy atom. The van der Waals surface area contributed by atoms with Gasteiger partial charge in [-0.15, -0.1) is 59.5 Å². The topological polar surface area (TPSA) is 283 Å². The van der Waals surface area contributed by atoms with Crippen LogP contribution in [0.5, 0.6) is 51.7 Å². The first-order valence-electron chi connectivity index (χ1n) is 43.1. The number of ether oxygens (including phenoxy) is 16. The molecule has 776 valence electrons. The molecule has 12 rings (SSSR count). The van der Waals surface area contributed by atoms with Crippen LogP contribution in [0.2, 0.25) is 0 Å². The summed E-state index contributed by atoms with van der Waals surface area (Å²) in [7, 11) is 3.09. The van der Waals surface area contributed by atoms with Crippen LogP contribution in [-0.2, 0) is 88.0 Å².